The summed E-state index contributed by atoms with van der Waals surface area (Å²) in [5.74, 6) is -2.36. The summed E-state index contributed by atoms with van der Waals surface area (Å²) in [4.78, 5) is 42.1. The van der Waals surface area contributed by atoms with E-state index in [-0.39, 0.29) is 18.4 Å². The Labute approximate surface area is 166 Å². The van der Waals surface area contributed by atoms with Gasteiger partial charge >= 0.3 is 5.97 Å². The van der Waals surface area contributed by atoms with Gasteiger partial charge in [0.15, 0.2) is 0 Å². The van der Waals surface area contributed by atoms with Gasteiger partial charge in [0.2, 0.25) is 11.8 Å². The Kier molecular flexibility index (Phi) is 5.48. The Bertz CT molecular complexity index is 776. The van der Waals surface area contributed by atoms with Crippen molar-refractivity contribution in [3.8, 4) is 0 Å². The van der Waals surface area contributed by atoms with Gasteiger partial charge in [-0.05, 0) is 31.0 Å². The minimum Gasteiger partial charge on any atom is -0.465 e. The van der Waals surface area contributed by atoms with Crippen molar-refractivity contribution >= 4 is 23.5 Å². The minimum atomic E-state index is -1.18. The predicted molar refractivity (Wildman–Crippen MR) is 106 cm³/mol. The lowest BCUT2D eigenvalue weighted by Crippen LogP contribution is -2.56. The van der Waals surface area contributed by atoms with E-state index in [0.717, 1.165) is 11.3 Å². The smallest absolute Gasteiger partial charge is 0.327 e. The van der Waals surface area contributed by atoms with Crippen molar-refractivity contribution in [3.05, 3.63) is 29.8 Å². The highest BCUT2D eigenvalue weighted by Crippen LogP contribution is 2.50. The molecular formula is C21H29N3O4. The summed E-state index contributed by atoms with van der Waals surface area (Å²) < 4.78 is 5.35. The Balaban J connectivity index is 2.08. The average molecular weight is 387 g/mol. The third-order valence-electron chi connectivity index (χ3n) is 5.93. The molecule has 2 aliphatic heterocycles. The number of benzene rings is 1. The molecule has 0 bridgehead atoms. The molecule has 2 aliphatic rings. The van der Waals surface area contributed by atoms with E-state index in [0.29, 0.717) is 12.8 Å². The van der Waals surface area contributed by atoms with Crippen molar-refractivity contribution in [2.75, 3.05) is 32.6 Å². The first-order valence-corrected chi connectivity index (χ1v) is 9.82. The molecule has 28 heavy (non-hydrogen) atoms. The van der Waals surface area contributed by atoms with Crippen molar-refractivity contribution in [1.82, 2.24) is 10.2 Å². The molecule has 0 unspecified atom stereocenters. The third kappa shape index (κ3) is 2.98. The van der Waals surface area contributed by atoms with Crippen LogP contribution < -0.4 is 10.2 Å². The van der Waals surface area contributed by atoms with Crippen LogP contribution in [0.2, 0.25) is 0 Å². The van der Waals surface area contributed by atoms with E-state index in [9.17, 15) is 14.4 Å². The zero-order chi connectivity index (χ0) is 20.6. The number of rotatable bonds is 6. The minimum absolute atomic E-state index is 0.226. The molecule has 0 aliphatic carbocycles. The highest BCUT2D eigenvalue weighted by molar-refractivity contribution is 6.09. The normalized spacial score (nSPS) is 29.2. The predicted octanol–water partition coefficient (Wildman–Crippen LogP) is 1.73. The number of hydrogen-bond donors (Lipinski definition) is 1. The van der Waals surface area contributed by atoms with Crippen LogP contribution in [-0.4, -0.2) is 56.0 Å². The van der Waals surface area contributed by atoms with E-state index in [2.05, 4.69) is 5.32 Å². The molecule has 2 amide bonds. The molecule has 1 N–H and O–H groups in total. The summed E-state index contributed by atoms with van der Waals surface area (Å²) in [6, 6.07) is 7.43. The molecular weight excluding hydrogens is 358 g/mol. The number of likely N-dealkylation sites (tertiary alicyclic amines) is 1. The van der Waals surface area contributed by atoms with Crippen molar-refractivity contribution < 1.29 is 19.1 Å². The van der Waals surface area contributed by atoms with E-state index < -0.39 is 29.4 Å². The summed E-state index contributed by atoms with van der Waals surface area (Å²) in [5.41, 5.74) is 0.742. The van der Waals surface area contributed by atoms with E-state index in [1.54, 1.807) is 6.92 Å². The SMILES string of the molecule is CCC[C@]1(C(=O)OCC)N[C@H](c2ccc(N(C)C)cc2)[C@H]2C(=O)N(C)C(=O)[C@H]21. The molecule has 2 fully saturated rings. The number of fused-ring (bicyclic) bond motifs is 1. The molecule has 0 spiro atoms. The molecule has 7 nitrogen and oxygen atoms in total. The van der Waals surface area contributed by atoms with Crippen LogP contribution in [0.1, 0.15) is 38.3 Å². The lowest BCUT2D eigenvalue weighted by atomic mass is 9.77. The highest BCUT2D eigenvalue weighted by atomic mass is 16.5. The lowest BCUT2D eigenvalue weighted by molar-refractivity contribution is -0.156. The topological polar surface area (TPSA) is 79.0 Å². The zero-order valence-corrected chi connectivity index (χ0v) is 17.2. The second kappa shape index (κ2) is 7.54. The van der Waals surface area contributed by atoms with Gasteiger partial charge in [0.25, 0.3) is 0 Å². The third-order valence-corrected chi connectivity index (χ3v) is 5.93. The number of imide groups is 1. The van der Waals surface area contributed by atoms with Gasteiger partial charge in [0.1, 0.15) is 5.54 Å². The molecule has 2 saturated heterocycles. The molecule has 7 heteroatoms. The summed E-state index contributed by atoms with van der Waals surface area (Å²) >= 11 is 0. The van der Waals surface area contributed by atoms with Crippen LogP contribution >= 0.6 is 0 Å². The molecule has 1 aromatic carbocycles. The van der Waals surface area contributed by atoms with Gasteiger partial charge in [0, 0.05) is 32.9 Å². The van der Waals surface area contributed by atoms with Crippen LogP contribution in [0.5, 0.6) is 0 Å². The molecule has 4 atom stereocenters. The number of hydrogen-bond acceptors (Lipinski definition) is 6. The maximum absolute atomic E-state index is 13.0. The van der Waals surface area contributed by atoms with Crippen LogP contribution in [0.4, 0.5) is 5.69 Å². The van der Waals surface area contributed by atoms with Gasteiger partial charge in [-0.25, -0.2) is 0 Å². The Morgan fingerprint density at radius 2 is 1.82 bits per heavy atom. The molecule has 0 aromatic heterocycles. The molecule has 152 valence electrons. The Morgan fingerprint density at radius 3 is 2.36 bits per heavy atom. The summed E-state index contributed by atoms with van der Waals surface area (Å²) in [6.45, 7) is 3.93. The van der Waals surface area contributed by atoms with Crippen LogP contribution in [0.3, 0.4) is 0 Å². The van der Waals surface area contributed by atoms with Gasteiger partial charge in [-0.1, -0.05) is 25.5 Å². The lowest BCUT2D eigenvalue weighted by Gasteiger charge is -2.32. The number of nitrogens with one attached hydrogen (secondary N) is 1. The van der Waals surface area contributed by atoms with Gasteiger partial charge in [-0.2, -0.15) is 0 Å². The Hall–Kier alpha value is -2.41. The first-order valence-electron chi connectivity index (χ1n) is 9.82. The molecule has 2 heterocycles. The average Bonchev–Trinajstić information content (AvgIpc) is 3.13. The van der Waals surface area contributed by atoms with E-state index in [1.165, 1.54) is 11.9 Å². The number of nitrogens with zero attached hydrogens (tertiary/aromatic N) is 2. The number of anilines is 1. The number of carbonyl (C=O) groups excluding carboxylic acids is 3. The standard InChI is InChI=1S/C21H29N3O4/c1-6-12-21(20(27)28-7-2)16-15(18(25)24(5)19(16)26)17(22-21)13-8-10-14(11-9-13)23(3)4/h8-11,15-17,22H,6-7,12H2,1-5H3/t15-,16-,17+,21-/m0/s1. The maximum atomic E-state index is 13.0. The fraction of sp³-hybridized carbons (Fsp3) is 0.571. The Morgan fingerprint density at radius 1 is 1.18 bits per heavy atom. The molecule has 1 aromatic rings. The highest BCUT2D eigenvalue weighted by Gasteiger charge is 2.67. The first-order chi connectivity index (χ1) is 13.3. The van der Waals surface area contributed by atoms with Crippen LogP contribution in [0.25, 0.3) is 0 Å². The van der Waals surface area contributed by atoms with Crippen molar-refractivity contribution in [2.24, 2.45) is 11.8 Å². The fourth-order valence-corrected chi connectivity index (χ4v) is 4.59. The van der Waals surface area contributed by atoms with Gasteiger partial charge in [-0.3, -0.25) is 24.6 Å². The maximum Gasteiger partial charge on any atom is 0.327 e. The van der Waals surface area contributed by atoms with Gasteiger partial charge < -0.3 is 9.64 Å². The monoisotopic (exact) mass is 387 g/mol. The molecule has 0 saturated carbocycles. The number of ether oxygens (including phenoxy) is 1. The number of amides is 2. The van der Waals surface area contributed by atoms with Crippen LogP contribution in [0, 0.1) is 11.8 Å². The summed E-state index contributed by atoms with van der Waals surface area (Å²) in [7, 11) is 5.41. The quantitative estimate of drug-likeness (QED) is 0.592. The van der Waals surface area contributed by atoms with Crippen LogP contribution in [0.15, 0.2) is 24.3 Å². The largest absolute Gasteiger partial charge is 0.465 e. The summed E-state index contributed by atoms with van der Waals surface area (Å²) in [5, 5.41) is 3.38. The van der Waals surface area contributed by atoms with Crippen molar-refractivity contribution in [2.45, 2.75) is 38.3 Å². The fourth-order valence-electron chi connectivity index (χ4n) is 4.59. The van der Waals surface area contributed by atoms with Crippen molar-refractivity contribution in [1.29, 1.82) is 0 Å². The van der Waals surface area contributed by atoms with E-state index in [1.807, 2.05) is 50.2 Å². The van der Waals surface area contributed by atoms with Crippen LogP contribution in [-0.2, 0) is 19.1 Å². The zero-order valence-electron chi connectivity index (χ0n) is 17.2. The van der Waals surface area contributed by atoms with Crippen molar-refractivity contribution in [3.63, 3.8) is 0 Å². The number of esters is 1. The number of carbonyl (C=O) groups is 3. The molecule has 3 rings (SSSR count). The summed E-state index contributed by atoms with van der Waals surface area (Å²) in [6.07, 6.45) is 1.12. The first kappa shape index (κ1) is 20.3. The van der Waals surface area contributed by atoms with E-state index >= 15 is 0 Å². The van der Waals surface area contributed by atoms with Gasteiger partial charge in [0.05, 0.1) is 18.4 Å². The second-order valence-electron chi connectivity index (χ2n) is 7.79. The van der Waals surface area contributed by atoms with E-state index in [4.69, 9.17) is 4.74 Å². The molecule has 0 radical (unpaired) electrons. The second-order valence-corrected chi connectivity index (χ2v) is 7.79. The van der Waals surface area contributed by atoms with Gasteiger partial charge in [-0.15, -0.1) is 0 Å².